The van der Waals surface area contributed by atoms with Gasteiger partial charge in [-0.05, 0) is 50.1 Å². The van der Waals surface area contributed by atoms with Gasteiger partial charge in [0.25, 0.3) is 0 Å². The number of fused-ring (bicyclic) bond motifs is 1. The van der Waals surface area contributed by atoms with Crippen LogP contribution in [0.15, 0.2) is 30.3 Å². The Kier molecular flexibility index (Phi) is 6.33. The van der Waals surface area contributed by atoms with Gasteiger partial charge in [-0.2, -0.15) is 22.0 Å². The van der Waals surface area contributed by atoms with Crippen LogP contribution in [0.1, 0.15) is 17.0 Å². The van der Waals surface area contributed by atoms with Crippen LogP contribution in [-0.4, -0.2) is 29.9 Å². The van der Waals surface area contributed by atoms with Gasteiger partial charge in [0.15, 0.2) is 0 Å². The number of nitrogens with two attached hydrogens (primary N) is 1. The maximum Gasteiger partial charge on any atom is 0.416 e. The van der Waals surface area contributed by atoms with E-state index in [-0.39, 0.29) is 46.0 Å². The number of nitrogen functional groups attached to an aromatic ring is 1. The summed E-state index contributed by atoms with van der Waals surface area (Å²) in [6.45, 7) is 1.20. The molecule has 0 saturated carbocycles. The molecule has 3 aromatic rings. The van der Waals surface area contributed by atoms with Gasteiger partial charge in [0.1, 0.15) is 24.5 Å². The van der Waals surface area contributed by atoms with Crippen molar-refractivity contribution in [3.8, 4) is 5.75 Å². The zero-order valence-electron chi connectivity index (χ0n) is 17.3. The third-order valence-electron chi connectivity index (χ3n) is 4.49. The zero-order valence-corrected chi connectivity index (χ0v) is 18.2. The van der Waals surface area contributed by atoms with Gasteiger partial charge in [-0.1, -0.05) is 0 Å². The highest BCUT2D eigenvalue weighted by molar-refractivity contribution is 7.70. The van der Waals surface area contributed by atoms with Crippen LogP contribution < -0.4 is 21.1 Å². The van der Waals surface area contributed by atoms with Crippen molar-refractivity contribution in [3.63, 3.8) is 0 Å². The maximum absolute atomic E-state index is 13.1. The summed E-state index contributed by atoms with van der Waals surface area (Å²) in [5.74, 6) is 0.271. The Labute approximate surface area is 180 Å². The predicted octanol–water partition coefficient (Wildman–Crippen LogP) is 5.00. The molecule has 0 atom stereocenters. The van der Waals surface area contributed by atoms with Gasteiger partial charge in [0.05, 0.1) is 16.4 Å². The van der Waals surface area contributed by atoms with Crippen molar-refractivity contribution in [1.29, 1.82) is 0 Å². The van der Waals surface area contributed by atoms with Gasteiger partial charge in [-0.3, -0.25) is 0 Å². The average Bonchev–Trinajstić information content (AvgIpc) is 2.63. The molecule has 0 aliphatic carbocycles. The smallest absolute Gasteiger partial charge is 0.416 e. The molecule has 0 fully saturated rings. The monoisotopic (exact) mass is 474 g/mol. The van der Waals surface area contributed by atoms with Crippen LogP contribution in [0.4, 0.5) is 33.5 Å². The maximum atomic E-state index is 13.1. The first-order valence-electron chi connectivity index (χ1n) is 9.27. The molecule has 1 heterocycles. The van der Waals surface area contributed by atoms with Crippen LogP contribution in [-0.2, 0) is 17.3 Å². The van der Waals surface area contributed by atoms with E-state index in [2.05, 4.69) is 20.0 Å². The van der Waals surface area contributed by atoms with Gasteiger partial charge < -0.3 is 20.4 Å². The minimum atomic E-state index is -4.55. The first-order chi connectivity index (χ1) is 14.7. The molecule has 0 saturated heterocycles. The Bertz CT molecular complexity index is 1210. The van der Waals surface area contributed by atoms with E-state index in [1.807, 2.05) is 0 Å². The second-order valence-electron chi connectivity index (χ2n) is 7.50. The molecule has 172 valence electrons. The highest BCUT2D eigenvalue weighted by Crippen LogP contribution is 2.41. The lowest BCUT2D eigenvalue weighted by atomic mass is 10.1. The number of ether oxygens (including phenoxy) is 1. The Hall–Kier alpha value is -2.94. The van der Waals surface area contributed by atoms with Gasteiger partial charge in [0, 0.05) is 23.7 Å². The van der Waals surface area contributed by atoms with Crippen molar-refractivity contribution in [2.45, 2.75) is 26.3 Å². The van der Waals surface area contributed by atoms with Crippen LogP contribution in [0, 0.1) is 6.92 Å². The highest BCUT2D eigenvalue weighted by Gasteiger charge is 2.31. The number of aromatic nitrogens is 2. The highest BCUT2D eigenvalue weighted by atomic mass is 31.2. The van der Waals surface area contributed by atoms with E-state index in [0.717, 1.165) is 12.1 Å². The topological polar surface area (TPSA) is 90.1 Å². The molecule has 0 aliphatic rings. The largest absolute Gasteiger partial charge is 0.434 e. The molecule has 12 heteroatoms. The van der Waals surface area contributed by atoms with Gasteiger partial charge >= 0.3 is 12.8 Å². The second kappa shape index (κ2) is 8.54. The van der Waals surface area contributed by atoms with E-state index in [9.17, 15) is 26.5 Å². The summed E-state index contributed by atoms with van der Waals surface area (Å²) in [6, 6.07) is 5.84. The van der Waals surface area contributed by atoms with E-state index in [1.165, 1.54) is 31.5 Å². The summed E-state index contributed by atoms with van der Waals surface area (Å²) in [7, 11) is -3.04. The van der Waals surface area contributed by atoms with Crippen molar-refractivity contribution in [3.05, 3.63) is 47.3 Å². The fourth-order valence-electron chi connectivity index (χ4n) is 3.18. The second-order valence-corrected chi connectivity index (χ2v) is 10.7. The average molecular weight is 474 g/mol. The molecule has 2 aromatic carbocycles. The van der Waals surface area contributed by atoms with E-state index in [4.69, 9.17) is 5.73 Å². The third-order valence-corrected chi connectivity index (χ3v) is 6.00. The SMILES string of the molecule is Cc1nc(NCc2cc(N)cc(C(F)(F)F)c2)c2cc(P(C)(C)=O)c(OC(F)F)cc2n1. The number of nitrogens with one attached hydrogen (secondary N) is 1. The molecule has 0 spiro atoms. The number of rotatable bonds is 6. The van der Waals surface area contributed by atoms with Crippen molar-refractivity contribution in [1.82, 2.24) is 9.97 Å². The molecule has 0 radical (unpaired) electrons. The molecule has 1 aromatic heterocycles. The standard InChI is InChI=1S/C20H20F5N4O2P/c1-10-28-15-8-16(31-19(21)22)17(32(2,3)30)7-14(15)18(29-10)27-9-11-4-12(20(23,24)25)6-13(26)5-11/h4-8,19H,9,26H2,1-3H3,(H,27,28,29). The molecule has 0 unspecified atom stereocenters. The lowest BCUT2D eigenvalue weighted by Crippen LogP contribution is -2.14. The lowest BCUT2D eigenvalue weighted by Gasteiger charge is -2.17. The first-order valence-corrected chi connectivity index (χ1v) is 11.9. The van der Waals surface area contributed by atoms with Crippen LogP contribution in [0.3, 0.4) is 0 Å². The number of hydrogen-bond donors (Lipinski definition) is 2. The number of alkyl halides is 5. The number of benzene rings is 2. The summed E-state index contributed by atoms with van der Waals surface area (Å²) in [5, 5.41) is 3.37. The van der Waals surface area contributed by atoms with Crippen molar-refractivity contribution in [2.24, 2.45) is 0 Å². The summed E-state index contributed by atoms with van der Waals surface area (Å²) < 4.78 is 82.1. The Morgan fingerprint density at radius 2 is 1.81 bits per heavy atom. The Balaban J connectivity index is 2.06. The van der Waals surface area contributed by atoms with Crippen LogP contribution in [0.2, 0.25) is 0 Å². The zero-order chi connectivity index (χ0) is 23.8. The van der Waals surface area contributed by atoms with Crippen LogP contribution >= 0.6 is 7.14 Å². The number of nitrogens with zero attached hydrogens (tertiary/aromatic N) is 2. The summed E-state index contributed by atoms with van der Waals surface area (Å²) in [4.78, 5) is 8.48. The minimum Gasteiger partial charge on any atom is -0.434 e. The van der Waals surface area contributed by atoms with Gasteiger partial charge in [0.2, 0.25) is 0 Å². The van der Waals surface area contributed by atoms with Crippen molar-refractivity contribution >= 4 is 34.9 Å². The number of hydrogen-bond acceptors (Lipinski definition) is 6. The molecule has 6 nitrogen and oxygen atoms in total. The summed E-state index contributed by atoms with van der Waals surface area (Å²) in [6.07, 6.45) is -4.55. The first kappa shape index (κ1) is 23.7. The van der Waals surface area contributed by atoms with E-state index in [0.29, 0.717) is 5.39 Å². The van der Waals surface area contributed by atoms with E-state index in [1.54, 1.807) is 6.92 Å². The van der Waals surface area contributed by atoms with Crippen LogP contribution in [0.5, 0.6) is 5.75 Å². The minimum absolute atomic E-state index is 0.0469. The Morgan fingerprint density at radius 3 is 2.41 bits per heavy atom. The molecular formula is C20H20F5N4O2P. The molecular weight excluding hydrogens is 454 g/mol. The van der Waals surface area contributed by atoms with Crippen molar-refractivity contribution < 1.29 is 31.3 Å². The molecule has 0 amide bonds. The number of halogens is 5. The molecule has 0 bridgehead atoms. The fourth-order valence-corrected chi connectivity index (χ4v) is 4.27. The van der Waals surface area contributed by atoms with Crippen molar-refractivity contribution in [2.75, 3.05) is 24.4 Å². The number of aryl methyl sites for hydroxylation is 1. The van der Waals surface area contributed by atoms with E-state index < -0.39 is 25.5 Å². The van der Waals surface area contributed by atoms with E-state index >= 15 is 0 Å². The normalized spacial score (nSPS) is 12.4. The predicted molar refractivity (Wildman–Crippen MR) is 113 cm³/mol. The van der Waals surface area contributed by atoms with Crippen LogP contribution in [0.25, 0.3) is 10.9 Å². The van der Waals surface area contributed by atoms with Gasteiger partial charge in [-0.15, -0.1) is 0 Å². The molecule has 3 rings (SSSR count). The fraction of sp³-hybridized carbons (Fsp3) is 0.300. The lowest BCUT2D eigenvalue weighted by molar-refractivity contribution is -0.137. The summed E-state index contributed by atoms with van der Waals surface area (Å²) in [5.41, 5.74) is 5.18. The molecule has 32 heavy (non-hydrogen) atoms. The molecule has 0 aliphatic heterocycles. The third kappa shape index (κ3) is 5.45. The Morgan fingerprint density at radius 1 is 1.12 bits per heavy atom. The summed E-state index contributed by atoms with van der Waals surface area (Å²) >= 11 is 0. The quantitative estimate of drug-likeness (QED) is 0.297. The molecule has 3 N–H and O–H groups in total. The van der Waals surface area contributed by atoms with Gasteiger partial charge in [-0.25, -0.2) is 9.97 Å². The number of anilines is 2.